The molecule has 0 saturated heterocycles. The van der Waals surface area contributed by atoms with Crippen LogP contribution in [0.25, 0.3) is 11.1 Å². The molecular formula is C41H63NO3. The molecule has 0 amide bonds. The summed E-state index contributed by atoms with van der Waals surface area (Å²) >= 11 is 0. The van der Waals surface area contributed by atoms with Crippen molar-refractivity contribution < 1.29 is 14.3 Å². The van der Waals surface area contributed by atoms with Gasteiger partial charge in [-0.1, -0.05) is 173 Å². The Morgan fingerprint density at radius 3 is 1.73 bits per heavy atom. The number of carbonyl (C=O) groups excluding carboxylic acids is 2. The van der Waals surface area contributed by atoms with Crippen LogP contribution in [-0.2, 0) is 16.0 Å². The smallest absolute Gasteiger partial charge is 0.321 e. The molecule has 45 heavy (non-hydrogen) atoms. The van der Waals surface area contributed by atoms with Crippen LogP contribution in [0.5, 0.6) is 5.75 Å². The van der Waals surface area contributed by atoms with Gasteiger partial charge in [-0.25, -0.2) is 0 Å². The van der Waals surface area contributed by atoms with Crippen molar-refractivity contribution in [1.29, 1.82) is 0 Å². The summed E-state index contributed by atoms with van der Waals surface area (Å²) in [7, 11) is 0. The number of hydrogen-bond acceptors (Lipinski definition) is 4. The highest BCUT2D eigenvalue weighted by Gasteiger charge is 2.30. The van der Waals surface area contributed by atoms with Crippen molar-refractivity contribution in [2.75, 3.05) is 5.73 Å². The van der Waals surface area contributed by atoms with Crippen molar-refractivity contribution in [3.8, 4) is 16.9 Å². The van der Waals surface area contributed by atoms with Gasteiger partial charge in [-0.05, 0) is 35.6 Å². The molecule has 250 valence electrons. The van der Waals surface area contributed by atoms with E-state index in [1.807, 2.05) is 24.3 Å². The summed E-state index contributed by atoms with van der Waals surface area (Å²) in [5.74, 6) is -0.637. The lowest BCUT2D eigenvalue weighted by Crippen LogP contribution is -2.29. The van der Waals surface area contributed by atoms with Gasteiger partial charge >= 0.3 is 5.97 Å². The van der Waals surface area contributed by atoms with E-state index < -0.39 is 11.9 Å². The van der Waals surface area contributed by atoms with Crippen LogP contribution >= 0.6 is 0 Å². The van der Waals surface area contributed by atoms with Gasteiger partial charge in [0.15, 0.2) is 5.75 Å². The number of anilines is 1. The highest BCUT2D eigenvalue weighted by Crippen LogP contribution is 2.44. The third kappa shape index (κ3) is 13.0. The lowest BCUT2D eigenvalue weighted by Gasteiger charge is -2.18. The zero-order chi connectivity index (χ0) is 32.1. The van der Waals surface area contributed by atoms with Crippen LogP contribution in [-0.4, -0.2) is 11.8 Å². The Labute approximate surface area is 275 Å². The number of nitrogen functional groups attached to an aromatic ring is 1. The van der Waals surface area contributed by atoms with E-state index in [2.05, 4.69) is 26.0 Å². The first-order valence-electron chi connectivity index (χ1n) is 18.8. The highest BCUT2D eigenvalue weighted by atomic mass is 16.5. The summed E-state index contributed by atoms with van der Waals surface area (Å²) in [5, 5.41) is 0. The van der Waals surface area contributed by atoms with Gasteiger partial charge in [0.05, 0.1) is 5.69 Å². The second kappa shape index (κ2) is 22.0. The Hall–Kier alpha value is -2.62. The largest absolute Gasteiger partial charge is 0.423 e. The highest BCUT2D eigenvalue weighted by molar-refractivity contribution is 6.00. The van der Waals surface area contributed by atoms with Crippen molar-refractivity contribution in [2.45, 2.75) is 168 Å². The average molecular weight is 618 g/mol. The minimum atomic E-state index is -0.707. The average Bonchev–Trinajstić information content (AvgIpc) is 3.42. The van der Waals surface area contributed by atoms with E-state index in [1.165, 1.54) is 120 Å². The summed E-state index contributed by atoms with van der Waals surface area (Å²) in [6, 6.07) is 12.1. The van der Waals surface area contributed by atoms with Crippen LogP contribution in [0.1, 0.15) is 173 Å². The van der Waals surface area contributed by atoms with Gasteiger partial charge in [-0.3, -0.25) is 9.59 Å². The fourth-order valence-electron chi connectivity index (χ4n) is 6.88. The standard InChI is InChI=1S/C41H63NO3/c1-3-5-7-9-11-13-15-17-19-21-23-29-39(43)36(28-22-20-18-16-14-12-10-8-6-4-2)41(44)45-40-37-32-33-26-24-25-27-34(33)35(37)30-31-38(40)42/h24-27,30-31,36H,3-23,28-29,32,42H2,1-2H3. The van der Waals surface area contributed by atoms with E-state index in [-0.39, 0.29) is 5.78 Å². The zero-order valence-electron chi connectivity index (χ0n) is 28.8. The van der Waals surface area contributed by atoms with Gasteiger partial charge in [-0.15, -0.1) is 0 Å². The molecule has 4 nitrogen and oxygen atoms in total. The van der Waals surface area contributed by atoms with Crippen LogP contribution in [0, 0.1) is 5.92 Å². The Morgan fingerprint density at radius 2 is 1.16 bits per heavy atom. The number of esters is 1. The van der Waals surface area contributed by atoms with E-state index in [9.17, 15) is 9.59 Å². The first kappa shape index (κ1) is 36.8. The number of carbonyl (C=O) groups is 2. The molecule has 0 radical (unpaired) electrons. The van der Waals surface area contributed by atoms with Crippen molar-refractivity contribution in [2.24, 2.45) is 5.92 Å². The molecule has 0 bridgehead atoms. The molecule has 0 aliphatic heterocycles. The molecule has 2 N–H and O–H groups in total. The number of nitrogens with two attached hydrogens (primary N) is 1. The van der Waals surface area contributed by atoms with Crippen LogP contribution in [0.15, 0.2) is 36.4 Å². The van der Waals surface area contributed by atoms with Gasteiger partial charge in [0.2, 0.25) is 0 Å². The summed E-state index contributed by atoms with van der Waals surface area (Å²) < 4.78 is 6.07. The number of unbranched alkanes of at least 4 members (excludes halogenated alkanes) is 19. The Bertz CT molecular complexity index is 1140. The Balaban J connectivity index is 1.50. The molecule has 2 aromatic rings. The summed E-state index contributed by atoms with van der Waals surface area (Å²) in [5.41, 5.74) is 11.2. The van der Waals surface area contributed by atoms with Gasteiger partial charge in [-0.2, -0.15) is 0 Å². The van der Waals surface area contributed by atoms with E-state index in [1.54, 1.807) is 0 Å². The number of hydrogen-bond donors (Lipinski definition) is 1. The first-order valence-corrected chi connectivity index (χ1v) is 18.8. The fraction of sp³-hybridized carbons (Fsp3) is 0.659. The quantitative estimate of drug-likeness (QED) is 0.0320. The third-order valence-electron chi connectivity index (χ3n) is 9.71. The number of ether oxygens (including phenoxy) is 1. The second-order valence-corrected chi connectivity index (χ2v) is 13.5. The predicted octanol–water partition coefficient (Wildman–Crippen LogP) is 11.9. The van der Waals surface area contributed by atoms with Gasteiger partial charge in [0, 0.05) is 18.4 Å². The molecule has 0 spiro atoms. The van der Waals surface area contributed by atoms with Crippen molar-refractivity contribution in [3.63, 3.8) is 0 Å². The minimum Gasteiger partial charge on any atom is -0.423 e. The van der Waals surface area contributed by atoms with Gasteiger partial charge in [0.1, 0.15) is 11.7 Å². The molecule has 0 saturated carbocycles. The molecule has 3 rings (SSSR count). The third-order valence-corrected chi connectivity index (χ3v) is 9.71. The fourth-order valence-corrected chi connectivity index (χ4v) is 6.88. The van der Waals surface area contributed by atoms with Crippen LogP contribution in [0.3, 0.4) is 0 Å². The first-order chi connectivity index (χ1) is 22.1. The monoisotopic (exact) mass is 617 g/mol. The molecule has 1 unspecified atom stereocenters. The molecule has 1 aliphatic carbocycles. The Morgan fingerprint density at radius 1 is 0.644 bits per heavy atom. The summed E-state index contributed by atoms with van der Waals surface area (Å²) in [4.78, 5) is 27.2. The number of ketones is 1. The Kier molecular flexibility index (Phi) is 18.0. The topological polar surface area (TPSA) is 69.4 Å². The number of rotatable bonds is 26. The molecule has 0 fully saturated rings. The minimum absolute atomic E-state index is 0.0429. The molecule has 1 atom stereocenters. The van der Waals surface area contributed by atoms with Gasteiger partial charge in [0.25, 0.3) is 0 Å². The van der Waals surface area contributed by atoms with Crippen LogP contribution in [0.2, 0.25) is 0 Å². The zero-order valence-corrected chi connectivity index (χ0v) is 28.8. The van der Waals surface area contributed by atoms with E-state index in [4.69, 9.17) is 10.5 Å². The van der Waals surface area contributed by atoms with Crippen molar-refractivity contribution >= 4 is 17.4 Å². The lowest BCUT2D eigenvalue weighted by molar-refractivity contribution is -0.144. The molecule has 1 aliphatic rings. The normalized spacial score (nSPS) is 12.6. The summed E-state index contributed by atoms with van der Waals surface area (Å²) in [6.07, 6.45) is 27.7. The molecule has 2 aromatic carbocycles. The van der Waals surface area contributed by atoms with E-state index in [0.29, 0.717) is 30.7 Å². The number of benzene rings is 2. The number of Topliss-reactive ketones (excluding diaryl/α,β-unsaturated/α-hetero) is 1. The van der Waals surface area contributed by atoms with E-state index in [0.717, 1.165) is 36.8 Å². The maximum absolute atomic E-state index is 13.7. The molecule has 0 aromatic heterocycles. The van der Waals surface area contributed by atoms with Crippen molar-refractivity contribution in [1.82, 2.24) is 0 Å². The molecular weight excluding hydrogens is 554 g/mol. The molecule has 0 heterocycles. The van der Waals surface area contributed by atoms with Crippen molar-refractivity contribution in [3.05, 3.63) is 47.5 Å². The number of fused-ring (bicyclic) bond motifs is 3. The molecule has 4 heteroatoms. The van der Waals surface area contributed by atoms with Crippen LogP contribution in [0.4, 0.5) is 5.69 Å². The predicted molar refractivity (Wildman–Crippen MR) is 191 cm³/mol. The lowest BCUT2D eigenvalue weighted by atomic mass is 9.92. The van der Waals surface area contributed by atoms with Gasteiger partial charge < -0.3 is 10.5 Å². The maximum atomic E-state index is 13.7. The maximum Gasteiger partial charge on any atom is 0.321 e. The van der Waals surface area contributed by atoms with Crippen LogP contribution < -0.4 is 10.5 Å². The second-order valence-electron chi connectivity index (χ2n) is 13.5. The van der Waals surface area contributed by atoms with E-state index >= 15 is 0 Å². The summed E-state index contributed by atoms with van der Waals surface area (Å²) in [6.45, 7) is 4.52. The SMILES string of the molecule is CCCCCCCCCCCCCC(=O)C(CCCCCCCCCCCC)C(=O)Oc1c(N)ccc2c1Cc1ccccc1-2.